The number of halogens is 1. The second-order valence-corrected chi connectivity index (χ2v) is 10.0. The molecule has 0 radical (unpaired) electrons. The molecule has 2 atom stereocenters. The summed E-state index contributed by atoms with van der Waals surface area (Å²) in [5.74, 6) is 2.30. The van der Waals surface area contributed by atoms with Gasteiger partial charge in [-0.3, -0.25) is 9.79 Å². The molecule has 1 aliphatic heterocycles. The van der Waals surface area contributed by atoms with Crippen molar-refractivity contribution in [1.82, 2.24) is 16.0 Å². The molecule has 170 valence electrons. The molecule has 1 aliphatic carbocycles. The second kappa shape index (κ2) is 14.0. The van der Waals surface area contributed by atoms with Crippen molar-refractivity contribution in [3.63, 3.8) is 0 Å². The molecule has 2 aliphatic rings. The van der Waals surface area contributed by atoms with E-state index < -0.39 is 0 Å². The number of carbonyl (C=O) groups is 1. The van der Waals surface area contributed by atoms with Gasteiger partial charge in [-0.2, -0.15) is 11.8 Å². The molecular formula is C21H41IN4O2S. The van der Waals surface area contributed by atoms with E-state index in [1.54, 1.807) is 0 Å². The van der Waals surface area contributed by atoms with Crippen molar-refractivity contribution in [3.8, 4) is 0 Å². The zero-order valence-corrected chi connectivity index (χ0v) is 21.7. The molecule has 0 bridgehead atoms. The van der Waals surface area contributed by atoms with Crippen LogP contribution in [0.15, 0.2) is 4.99 Å². The van der Waals surface area contributed by atoms with Crippen molar-refractivity contribution in [3.05, 3.63) is 0 Å². The third-order valence-electron chi connectivity index (χ3n) is 5.54. The number of ether oxygens (including phenoxy) is 1. The van der Waals surface area contributed by atoms with Gasteiger partial charge >= 0.3 is 0 Å². The average Bonchev–Trinajstić information content (AvgIpc) is 2.67. The topological polar surface area (TPSA) is 74.8 Å². The number of hydrogen-bond donors (Lipinski definition) is 3. The number of rotatable bonds is 8. The lowest BCUT2D eigenvalue weighted by Gasteiger charge is -2.35. The Morgan fingerprint density at radius 3 is 2.59 bits per heavy atom. The highest BCUT2D eigenvalue weighted by Gasteiger charge is 2.33. The largest absolute Gasteiger partial charge is 0.381 e. The number of hydrogen-bond acceptors (Lipinski definition) is 4. The van der Waals surface area contributed by atoms with Crippen molar-refractivity contribution in [2.45, 2.75) is 83.1 Å². The van der Waals surface area contributed by atoms with Crippen molar-refractivity contribution in [2.75, 3.05) is 32.1 Å². The van der Waals surface area contributed by atoms with Gasteiger partial charge < -0.3 is 20.7 Å². The lowest BCUT2D eigenvalue weighted by atomic mass is 9.85. The Morgan fingerprint density at radius 2 is 1.97 bits per heavy atom. The number of aliphatic imine (C=N–C) groups is 1. The van der Waals surface area contributed by atoms with Gasteiger partial charge in [-0.15, -0.1) is 24.0 Å². The van der Waals surface area contributed by atoms with Gasteiger partial charge in [-0.25, -0.2) is 0 Å². The van der Waals surface area contributed by atoms with E-state index in [9.17, 15) is 4.79 Å². The number of nitrogens with one attached hydrogen (secondary N) is 3. The molecule has 0 spiro atoms. The minimum Gasteiger partial charge on any atom is -0.381 e. The van der Waals surface area contributed by atoms with Gasteiger partial charge in [0.1, 0.15) is 0 Å². The highest BCUT2D eigenvalue weighted by Crippen LogP contribution is 2.35. The van der Waals surface area contributed by atoms with Crippen molar-refractivity contribution in [1.29, 1.82) is 0 Å². The van der Waals surface area contributed by atoms with Crippen LogP contribution < -0.4 is 16.0 Å². The van der Waals surface area contributed by atoms with Crippen LogP contribution in [0.2, 0.25) is 0 Å². The number of carbonyl (C=O) groups excluding carboxylic acids is 1. The summed E-state index contributed by atoms with van der Waals surface area (Å²) in [5, 5.41) is 10.1. The second-order valence-electron chi connectivity index (χ2n) is 8.29. The Morgan fingerprint density at radius 1 is 1.24 bits per heavy atom. The maximum absolute atomic E-state index is 12.4. The highest BCUT2D eigenvalue weighted by molar-refractivity contribution is 14.0. The summed E-state index contributed by atoms with van der Waals surface area (Å²) >= 11 is 2.02. The standard InChI is InChI=1S/C21H40N4O2S.HI/c1-5-22-20(23-15-21(28-6-2)10-12-27-13-11-21)25-18-9-7-8-17(14-18)19(26)24-16(3)4;/h16-18H,5-15H2,1-4H3,(H,24,26)(H2,22,23,25);1H. The van der Waals surface area contributed by atoms with E-state index in [0.29, 0.717) is 6.04 Å². The molecule has 2 fully saturated rings. The van der Waals surface area contributed by atoms with E-state index in [1.807, 2.05) is 25.6 Å². The summed E-state index contributed by atoms with van der Waals surface area (Å²) in [5.41, 5.74) is 0. The molecule has 1 saturated heterocycles. The van der Waals surface area contributed by atoms with Gasteiger partial charge in [0.05, 0.1) is 6.54 Å². The van der Waals surface area contributed by atoms with E-state index in [4.69, 9.17) is 9.73 Å². The molecule has 6 nitrogen and oxygen atoms in total. The summed E-state index contributed by atoms with van der Waals surface area (Å²) in [7, 11) is 0. The molecule has 1 saturated carbocycles. The lowest BCUT2D eigenvalue weighted by molar-refractivity contribution is -0.126. The Labute approximate surface area is 198 Å². The molecule has 2 unspecified atom stereocenters. The molecule has 0 aromatic carbocycles. The summed E-state index contributed by atoms with van der Waals surface area (Å²) < 4.78 is 5.77. The van der Waals surface area contributed by atoms with Crippen molar-refractivity contribution in [2.24, 2.45) is 10.9 Å². The van der Waals surface area contributed by atoms with Crippen LogP contribution in [0.4, 0.5) is 0 Å². The fourth-order valence-electron chi connectivity index (χ4n) is 4.10. The quantitative estimate of drug-likeness (QED) is 0.250. The maximum atomic E-state index is 12.4. The van der Waals surface area contributed by atoms with Crippen LogP contribution >= 0.6 is 35.7 Å². The summed E-state index contributed by atoms with van der Waals surface area (Å²) in [6.07, 6.45) is 6.18. The molecular weight excluding hydrogens is 499 g/mol. The molecule has 1 heterocycles. The smallest absolute Gasteiger partial charge is 0.223 e. The third-order valence-corrected chi connectivity index (χ3v) is 6.98. The van der Waals surface area contributed by atoms with E-state index in [2.05, 4.69) is 29.8 Å². The average molecular weight is 541 g/mol. The molecule has 1 amide bonds. The number of nitrogens with zero attached hydrogens (tertiary/aromatic N) is 1. The summed E-state index contributed by atoms with van der Waals surface area (Å²) in [6.45, 7) is 11.7. The fourth-order valence-corrected chi connectivity index (χ4v) is 5.32. The van der Waals surface area contributed by atoms with Crippen LogP contribution in [-0.2, 0) is 9.53 Å². The van der Waals surface area contributed by atoms with E-state index in [1.165, 1.54) is 0 Å². The van der Waals surface area contributed by atoms with E-state index in [0.717, 1.165) is 76.5 Å². The first-order chi connectivity index (χ1) is 13.5. The first kappa shape index (κ1) is 26.8. The zero-order chi connectivity index (χ0) is 20.4. The van der Waals surface area contributed by atoms with Gasteiger partial charge in [0, 0.05) is 42.5 Å². The van der Waals surface area contributed by atoms with Crippen molar-refractivity contribution < 1.29 is 9.53 Å². The molecule has 2 rings (SSSR count). The minimum absolute atomic E-state index is 0. The third kappa shape index (κ3) is 9.21. The lowest BCUT2D eigenvalue weighted by Crippen LogP contribution is -2.48. The minimum atomic E-state index is 0. The highest BCUT2D eigenvalue weighted by atomic mass is 127. The monoisotopic (exact) mass is 540 g/mol. The van der Waals surface area contributed by atoms with Gasteiger partial charge in [-0.1, -0.05) is 13.3 Å². The zero-order valence-electron chi connectivity index (χ0n) is 18.6. The van der Waals surface area contributed by atoms with E-state index in [-0.39, 0.29) is 46.6 Å². The van der Waals surface area contributed by atoms with Gasteiger partial charge in [0.15, 0.2) is 5.96 Å². The Hall–Kier alpha value is -0.220. The normalized spacial score (nSPS) is 24.5. The maximum Gasteiger partial charge on any atom is 0.223 e. The van der Waals surface area contributed by atoms with Gasteiger partial charge in [-0.05, 0) is 58.6 Å². The van der Waals surface area contributed by atoms with Crippen LogP contribution in [-0.4, -0.2) is 60.8 Å². The van der Waals surface area contributed by atoms with Crippen LogP contribution in [0.1, 0.15) is 66.2 Å². The van der Waals surface area contributed by atoms with Gasteiger partial charge in [0.25, 0.3) is 0 Å². The number of thioether (sulfide) groups is 1. The predicted molar refractivity (Wildman–Crippen MR) is 134 cm³/mol. The number of guanidine groups is 1. The van der Waals surface area contributed by atoms with Crippen LogP contribution in [0, 0.1) is 5.92 Å². The first-order valence-corrected chi connectivity index (χ1v) is 12.0. The predicted octanol–water partition coefficient (Wildman–Crippen LogP) is 3.55. The van der Waals surface area contributed by atoms with Crippen molar-refractivity contribution >= 4 is 47.6 Å². The molecule has 8 heteroatoms. The Bertz CT molecular complexity index is 507. The molecule has 29 heavy (non-hydrogen) atoms. The van der Waals surface area contributed by atoms with Gasteiger partial charge in [0.2, 0.25) is 5.91 Å². The Kier molecular flexibility index (Phi) is 12.9. The molecule has 0 aromatic rings. The first-order valence-electron chi connectivity index (χ1n) is 11.0. The van der Waals surface area contributed by atoms with Crippen LogP contribution in [0.3, 0.4) is 0 Å². The molecule has 3 N–H and O–H groups in total. The Balaban J connectivity index is 0.00000420. The fraction of sp³-hybridized carbons (Fsp3) is 0.905. The van der Waals surface area contributed by atoms with Crippen LogP contribution in [0.25, 0.3) is 0 Å². The summed E-state index contributed by atoms with van der Waals surface area (Å²) in [4.78, 5) is 17.4. The number of amides is 1. The SMILES string of the molecule is CCNC(=NCC1(SCC)CCOCC1)NC1CCCC(C(=O)NC(C)C)C1.I. The molecule has 0 aromatic heterocycles. The van der Waals surface area contributed by atoms with Crippen LogP contribution in [0.5, 0.6) is 0 Å². The van der Waals surface area contributed by atoms with E-state index >= 15 is 0 Å². The summed E-state index contributed by atoms with van der Waals surface area (Å²) in [6, 6.07) is 0.505.